The fourth-order valence-electron chi connectivity index (χ4n) is 3.69. The Labute approximate surface area is 200 Å². The molecule has 0 radical (unpaired) electrons. The molecule has 0 unspecified atom stereocenters. The third kappa shape index (κ3) is 4.28. The summed E-state index contributed by atoms with van der Waals surface area (Å²) in [4.78, 5) is 27.1. The molecule has 9 heteroatoms. The van der Waals surface area contributed by atoms with E-state index in [1.807, 2.05) is 0 Å². The molecule has 1 atom stereocenters. The Kier molecular flexibility index (Phi) is 6.07. The van der Waals surface area contributed by atoms with Gasteiger partial charge in [0.15, 0.2) is 0 Å². The van der Waals surface area contributed by atoms with Gasteiger partial charge in [0.25, 0.3) is 11.7 Å². The van der Waals surface area contributed by atoms with Crippen molar-refractivity contribution in [3.05, 3.63) is 105 Å². The predicted octanol–water partition coefficient (Wildman–Crippen LogP) is 6.75. The Morgan fingerprint density at radius 2 is 1.64 bits per heavy atom. The van der Waals surface area contributed by atoms with Crippen LogP contribution in [0, 0.1) is 0 Å². The van der Waals surface area contributed by atoms with E-state index in [0.29, 0.717) is 0 Å². The molecule has 1 aliphatic rings. The second-order valence-electron chi connectivity index (χ2n) is 7.25. The zero-order valence-electron chi connectivity index (χ0n) is 16.6. The van der Waals surface area contributed by atoms with Crippen molar-refractivity contribution in [1.29, 1.82) is 0 Å². The van der Waals surface area contributed by atoms with Crippen LogP contribution in [0.3, 0.4) is 0 Å². The van der Waals surface area contributed by atoms with Crippen molar-refractivity contribution >= 4 is 50.7 Å². The molecule has 33 heavy (non-hydrogen) atoms. The second kappa shape index (κ2) is 8.68. The van der Waals surface area contributed by atoms with Crippen LogP contribution in [0.1, 0.15) is 22.7 Å². The molecule has 1 fully saturated rings. The van der Waals surface area contributed by atoms with Gasteiger partial charge in [0.2, 0.25) is 0 Å². The van der Waals surface area contributed by atoms with Gasteiger partial charge >= 0.3 is 6.18 Å². The van der Waals surface area contributed by atoms with E-state index in [4.69, 9.17) is 11.6 Å². The molecule has 0 aromatic heterocycles. The average molecular weight is 537 g/mol. The van der Waals surface area contributed by atoms with Crippen LogP contribution in [0.25, 0.3) is 5.76 Å². The molecule has 0 saturated carbocycles. The van der Waals surface area contributed by atoms with E-state index in [2.05, 4.69) is 15.9 Å². The number of amides is 1. The van der Waals surface area contributed by atoms with E-state index in [1.165, 1.54) is 12.1 Å². The number of hydrogen-bond acceptors (Lipinski definition) is 3. The number of carbonyl (C=O) groups is 2. The highest BCUT2D eigenvalue weighted by Gasteiger charge is 2.48. The topological polar surface area (TPSA) is 57.6 Å². The molecule has 3 aromatic carbocycles. The number of nitrogens with zero attached hydrogens (tertiary/aromatic N) is 1. The van der Waals surface area contributed by atoms with Crippen LogP contribution < -0.4 is 4.90 Å². The van der Waals surface area contributed by atoms with Crippen LogP contribution in [-0.4, -0.2) is 16.8 Å². The van der Waals surface area contributed by atoms with Crippen molar-refractivity contribution in [2.24, 2.45) is 0 Å². The maximum absolute atomic E-state index is 13.3. The summed E-state index contributed by atoms with van der Waals surface area (Å²) in [6, 6.07) is 15.6. The molecule has 0 aliphatic carbocycles. The van der Waals surface area contributed by atoms with Gasteiger partial charge in [0.1, 0.15) is 5.76 Å². The Morgan fingerprint density at radius 1 is 0.970 bits per heavy atom. The number of rotatable bonds is 3. The summed E-state index contributed by atoms with van der Waals surface area (Å²) in [7, 11) is 0. The largest absolute Gasteiger partial charge is 0.507 e. The van der Waals surface area contributed by atoms with E-state index in [9.17, 15) is 27.9 Å². The quantitative estimate of drug-likeness (QED) is 0.229. The first-order valence-electron chi connectivity index (χ1n) is 9.58. The van der Waals surface area contributed by atoms with Crippen LogP contribution >= 0.6 is 27.5 Å². The standard InChI is InChI=1S/C24H14BrClF3NO3/c25-15-10-8-13(9-11-15)21(31)19-20(17-6-1-2-7-18(17)26)30(23(33)22(19)32)16-5-3-4-14(12-16)24(27,28)29/h1-12,20,31H/t20-/m1/s1. The molecule has 168 valence electrons. The van der Waals surface area contributed by atoms with E-state index in [0.717, 1.165) is 27.6 Å². The fraction of sp³-hybridized carbons (Fsp3) is 0.0833. The third-order valence-electron chi connectivity index (χ3n) is 5.21. The highest BCUT2D eigenvalue weighted by Crippen LogP contribution is 2.45. The minimum absolute atomic E-state index is 0.147. The highest BCUT2D eigenvalue weighted by atomic mass is 79.9. The maximum Gasteiger partial charge on any atom is 0.416 e. The molecule has 1 N–H and O–H groups in total. The highest BCUT2D eigenvalue weighted by molar-refractivity contribution is 9.10. The Hall–Kier alpha value is -3.10. The van der Waals surface area contributed by atoms with Crippen molar-refractivity contribution < 1.29 is 27.9 Å². The van der Waals surface area contributed by atoms with Crippen LogP contribution in [0.2, 0.25) is 5.02 Å². The Balaban J connectivity index is 1.97. The maximum atomic E-state index is 13.3. The monoisotopic (exact) mass is 535 g/mol. The van der Waals surface area contributed by atoms with Gasteiger partial charge in [-0.15, -0.1) is 0 Å². The van der Waals surface area contributed by atoms with Crippen LogP contribution in [0.5, 0.6) is 0 Å². The fourth-order valence-corrected chi connectivity index (χ4v) is 4.19. The summed E-state index contributed by atoms with van der Waals surface area (Å²) >= 11 is 9.64. The lowest BCUT2D eigenvalue weighted by molar-refractivity contribution is -0.137. The van der Waals surface area contributed by atoms with Gasteiger partial charge in [-0.05, 0) is 42.0 Å². The van der Waals surface area contributed by atoms with Gasteiger partial charge in [0, 0.05) is 20.7 Å². The van der Waals surface area contributed by atoms with Crippen molar-refractivity contribution in [1.82, 2.24) is 0 Å². The molecule has 3 aromatic rings. The molecule has 0 bridgehead atoms. The first-order valence-corrected chi connectivity index (χ1v) is 10.8. The van der Waals surface area contributed by atoms with Gasteiger partial charge in [0.05, 0.1) is 17.2 Å². The first kappa shape index (κ1) is 23.1. The SMILES string of the molecule is O=C1C(=O)N(c2cccc(C(F)(F)F)c2)[C@H](c2ccccc2Cl)C1=C(O)c1ccc(Br)cc1. The number of aliphatic hydroxyl groups is 1. The molecule has 4 rings (SSSR count). The third-order valence-corrected chi connectivity index (χ3v) is 6.09. The van der Waals surface area contributed by atoms with Crippen molar-refractivity contribution in [2.45, 2.75) is 12.2 Å². The second-order valence-corrected chi connectivity index (χ2v) is 8.57. The van der Waals surface area contributed by atoms with E-state index in [-0.39, 0.29) is 27.4 Å². The van der Waals surface area contributed by atoms with E-state index < -0.39 is 35.2 Å². The molecular formula is C24H14BrClF3NO3. The molecule has 1 aliphatic heterocycles. The normalized spacial score (nSPS) is 18.1. The van der Waals surface area contributed by atoms with Gasteiger partial charge < -0.3 is 5.11 Å². The molecule has 1 heterocycles. The molecule has 1 amide bonds. The van der Waals surface area contributed by atoms with E-state index >= 15 is 0 Å². The summed E-state index contributed by atoms with van der Waals surface area (Å²) in [6.07, 6.45) is -4.65. The Morgan fingerprint density at radius 3 is 2.27 bits per heavy atom. The van der Waals surface area contributed by atoms with Crippen LogP contribution in [-0.2, 0) is 15.8 Å². The number of anilines is 1. The smallest absolute Gasteiger partial charge is 0.416 e. The average Bonchev–Trinajstić information content (AvgIpc) is 3.04. The zero-order valence-corrected chi connectivity index (χ0v) is 18.9. The first-order chi connectivity index (χ1) is 15.6. The summed E-state index contributed by atoms with van der Waals surface area (Å²) in [6.45, 7) is 0. The lowest BCUT2D eigenvalue weighted by Gasteiger charge is -2.26. The summed E-state index contributed by atoms with van der Waals surface area (Å²) in [5, 5.41) is 11.2. The minimum Gasteiger partial charge on any atom is -0.507 e. The summed E-state index contributed by atoms with van der Waals surface area (Å²) in [5.41, 5.74) is -0.848. The van der Waals surface area contributed by atoms with Crippen molar-refractivity contribution in [2.75, 3.05) is 4.90 Å². The number of halogens is 5. The zero-order chi connectivity index (χ0) is 23.9. The Bertz CT molecular complexity index is 1290. The van der Waals surface area contributed by atoms with Gasteiger partial charge in [-0.2, -0.15) is 13.2 Å². The lowest BCUT2D eigenvalue weighted by Crippen LogP contribution is -2.29. The molecule has 1 saturated heterocycles. The van der Waals surface area contributed by atoms with Crippen LogP contribution in [0.4, 0.5) is 18.9 Å². The predicted molar refractivity (Wildman–Crippen MR) is 122 cm³/mol. The number of benzene rings is 3. The summed E-state index contributed by atoms with van der Waals surface area (Å²) in [5.74, 6) is -2.56. The number of alkyl halides is 3. The minimum atomic E-state index is -4.65. The van der Waals surface area contributed by atoms with Crippen molar-refractivity contribution in [3.63, 3.8) is 0 Å². The lowest BCUT2D eigenvalue weighted by atomic mass is 9.95. The molecular weight excluding hydrogens is 523 g/mol. The number of Topliss-reactive ketones (excluding diaryl/α,β-unsaturated/α-hetero) is 1. The molecule has 0 spiro atoms. The number of aliphatic hydroxyl groups excluding tert-OH is 1. The summed E-state index contributed by atoms with van der Waals surface area (Å²) < 4.78 is 40.7. The van der Waals surface area contributed by atoms with E-state index in [1.54, 1.807) is 42.5 Å². The van der Waals surface area contributed by atoms with Gasteiger partial charge in [-0.25, -0.2) is 0 Å². The van der Waals surface area contributed by atoms with Gasteiger partial charge in [-0.1, -0.05) is 63.9 Å². The van der Waals surface area contributed by atoms with Gasteiger partial charge in [-0.3, -0.25) is 14.5 Å². The van der Waals surface area contributed by atoms with Crippen LogP contribution in [0.15, 0.2) is 82.8 Å². The number of ketones is 1. The van der Waals surface area contributed by atoms with Crippen molar-refractivity contribution in [3.8, 4) is 0 Å². The number of carbonyl (C=O) groups excluding carboxylic acids is 2. The number of hydrogen-bond donors (Lipinski definition) is 1. The molecule has 4 nitrogen and oxygen atoms in total.